The predicted octanol–water partition coefficient (Wildman–Crippen LogP) is 4.22. The number of aromatic nitrogens is 3. The first-order valence-electron chi connectivity index (χ1n) is 7.13. The molecule has 22 heavy (non-hydrogen) atoms. The lowest BCUT2D eigenvalue weighted by Gasteiger charge is -2.10. The van der Waals surface area contributed by atoms with Gasteiger partial charge in [0, 0.05) is 23.8 Å². The van der Waals surface area contributed by atoms with Gasteiger partial charge in [0.25, 0.3) is 0 Å². The van der Waals surface area contributed by atoms with Crippen molar-refractivity contribution in [1.82, 2.24) is 14.8 Å². The number of benzene rings is 2. The fourth-order valence-electron chi connectivity index (χ4n) is 2.71. The average molecular weight is 291 g/mol. The van der Waals surface area contributed by atoms with Gasteiger partial charge in [0.2, 0.25) is 0 Å². The van der Waals surface area contributed by atoms with Gasteiger partial charge in [-0.1, -0.05) is 12.1 Å². The normalized spacial score (nSPS) is 11.1. The summed E-state index contributed by atoms with van der Waals surface area (Å²) in [5, 5.41) is 8.14. The van der Waals surface area contributed by atoms with Gasteiger partial charge in [-0.3, -0.25) is 5.10 Å². The topological polar surface area (TPSA) is 33.6 Å². The van der Waals surface area contributed by atoms with E-state index in [-0.39, 0.29) is 5.82 Å². The Balaban J connectivity index is 1.68. The van der Waals surface area contributed by atoms with E-state index in [4.69, 9.17) is 0 Å². The van der Waals surface area contributed by atoms with Crippen LogP contribution in [-0.4, -0.2) is 14.8 Å². The third kappa shape index (κ3) is 2.29. The minimum Gasteiger partial charge on any atom is -0.343 e. The summed E-state index contributed by atoms with van der Waals surface area (Å²) in [5.41, 5.74) is 4.31. The van der Waals surface area contributed by atoms with Crippen LogP contribution in [0.4, 0.5) is 4.39 Å². The van der Waals surface area contributed by atoms with Crippen molar-refractivity contribution < 1.29 is 4.39 Å². The summed E-state index contributed by atoms with van der Waals surface area (Å²) in [5.74, 6) is -0.216. The summed E-state index contributed by atoms with van der Waals surface area (Å²) in [4.78, 5) is 0. The van der Waals surface area contributed by atoms with Gasteiger partial charge in [0.1, 0.15) is 5.82 Å². The predicted molar refractivity (Wildman–Crippen MR) is 85.0 cm³/mol. The Hall–Kier alpha value is -2.88. The fourth-order valence-corrected chi connectivity index (χ4v) is 2.71. The molecule has 0 spiro atoms. The Bertz CT molecular complexity index is 919. The standard InChI is InChI=1S/C18H14FN3/c19-16-7-5-14(6-8-16)18-2-1-9-22(18)12-13-3-4-15-11-20-21-17(15)10-13/h1-11H,12H2,(H,20,21). The second-order valence-corrected chi connectivity index (χ2v) is 5.32. The molecule has 2 heterocycles. The van der Waals surface area contributed by atoms with Crippen LogP contribution in [0.15, 0.2) is 67.0 Å². The number of aromatic amines is 1. The molecule has 0 amide bonds. The lowest BCUT2D eigenvalue weighted by Crippen LogP contribution is -2.00. The van der Waals surface area contributed by atoms with Crippen molar-refractivity contribution >= 4 is 10.9 Å². The number of rotatable bonds is 3. The maximum absolute atomic E-state index is 13.1. The molecule has 108 valence electrons. The maximum Gasteiger partial charge on any atom is 0.123 e. The molecule has 4 rings (SSSR count). The Kier molecular flexibility index (Phi) is 3.00. The van der Waals surface area contributed by atoms with Crippen LogP contribution in [0.5, 0.6) is 0 Å². The van der Waals surface area contributed by atoms with Crippen molar-refractivity contribution in [3.8, 4) is 11.3 Å². The molecule has 0 aliphatic rings. The molecule has 4 aromatic rings. The molecule has 0 saturated carbocycles. The van der Waals surface area contributed by atoms with Crippen LogP contribution < -0.4 is 0 Å². The van der Waals surface area contributed by atoms with E-state index in [2.05, 4.69) is 33.0 Å². The van der Waals surface area contributed by atoms with E-state index in [9.17, 15) is 4.39 Å². The second kappa shape index (κ2) is 5.15. The molecule has 1 N–H and O–H groups in total. The number of hydrogen-bond acceptors (Lipinski definition) is 1. The first kappa shape index (κ1) is 12.8. The zero-order valence-electron chi connectivity index (χ0n) is 11.8. The number of halogens is 1. The highest BCUT2D eigenvalue weighted by Crippen LogP contribution is 2.22. The molecule has 0 aliphatic heterocycles. The van der Waals surface area contributed by atoms with Crippen LogP contribution in [0.25, 0.3) is 22.2 Å². The van der Waals surface area contributed by atoms with Gasteiger partial charge in [-0.2, -0.15) is 5.10 Å². The minimum atomic E-state index is -0.216. The van der Waals surface area contributed by atoms with Gasteiger partial charge < -0.3 is 4.57 Å². The first-order valence-corrected chi connectivity index (χ1v) is 7.13. The lowest BCUT2D eigenvalue weighted by atomic mass is 10.1. The molecule has 0 radical (unpaired) electrons. The number of nitrogens with one attached hydrogen (secondary N) is 1. The lowest BCUT2D eigenvalue weighted by molar-refractivity contribution is 0.628. The zero-order chi connectivity index (χ0) is 14.9. The minimum absolute atomic E-state index is 0.216. The molecule has 0 atom stereocenters. The van der Waals surface area contributed by atoms with Crippen molar-refractivity contribution in [2.75, 3.05) is 0 Å². The van der Waals surface area contributed by atoms with E-state index in [0.717, 1.165) is 28.7 Å². The molecule has 2 aromatic carbocycles. The maximum atomic E-state index is 13.1. The smallest absolute Gasteiger partial charge is 0.123 e. The Morgan fingerprint density at radius 1 is 1.05 bits per heavy atom. The first-order chi connectivity index (χ1) is 10.8. The van der Waals surface area contributed by atoms with Crippen molar-refractivity contribution in [2.24, 2.45) is 0 Å². The highest BCUT2D eigenvalue weighted by atomic mass is 19.1. The molecular weight excluding hydrogens is 277 g/mol. The molecule has 0 aliphatic carbocycles. The summed E-state index contributed by atoms with van der Waals surface area (Å²) >= 11 is 0. The van der Waals surface area contributed by atoms with Crippen LogP contribution in [-0.2, 0) is 6.54 Å². The number of nitrogens with zero attached hydrogens (tertiary/aromatic N) is 2. The summed E-state index contributed by atoms with van der Waals surface area (Å²) in [6.07, 6.45) is 3.86. The van der Waals surface area contributed by atoms with Crippen molar-refractivity contribution in [3.05, 3.63) is 78.4 Å². The van der Waals surface area contributed by atoms with Crippen LogP contribution in [0, 0.1) is 5.82 Å². The second-order valence-electron chi connectivity index (χ2n) is 5.32. The Morgan fingerprint density at radius 2 is 1.91 bits per heavy atom. The van der Waals surface area contributed by atoms with Crippen molar-refractivity contribution in [2.45, 2.75) is 6.54 Å². The Morgan fingerprint density at radius 3 is 2.77 bits per heavy atom. The molecule has 0 saturated heterocycles. The number of hydrogen-bond donors (Lipinski definition) is 1. The van der Waals surface area contributed by atoms with Gasteiger partial charge >= 0.3 is 0 Å². The number of fused-ring (bicyclic) bond motifs is 1. The van der Waals surface area contributed by atoms with Crippen LogP contribution in [0.1, 0.15) is 5.56 Å². The third-order valence-corrected chi connectivity index (χ3v) is 3.83. The molecule has 4 heteroatoms. The van der Waals surface area contributed by atoms with Gasteiger partial charge in [0.15, 0.2) is 0 Å². The fraction of sp³-hybridized carbons (Fsp3) is 0.0556. The molecule has 2 aromatic heterocycles. The van der Waals surface area contributed by atoms with E-state index in [0.29, 0.717) is 0 Å². The molecule has 0 unspecified atom stereocenters. The van der Waals surface area contributed by atoms with E-state index < -0.39 is 0 Å². The highest BCUT2D eigenvalue weighted by Gasteiger charge is 2.06. The van der Waals surface area contributed by atoms with Gasteiger partial charge in [-0.05, 0) is 53.6 Å². The monoisotopic (exact) mass is 291 g/mol. The SMILES string of the molecule is Fc1ccc(-c2cccn2Cc2ccc3cn[nH]c3c2)cc1. The van der Waals surface area contributed by atoms with E-state index in [1.807, 2.05) is 24.5 Å². The van der Waals surface area contributed by atoms with E-state index in [1.54, 1.807) is 12.1 Å². The van der Waals surface area contributed by atoms with Gasteiger partial charge in [-0.25, -0.2) is 4.39 Å². The van der Waals surface area contributed by atoms with Crippen molar-refractivity contribution in [1.29, 1.82) is 0 Å². The van der Waals surface area contributed by atoms with Crippen LogP contribution in [0.3, 0.4) is 0 Å². The average Bonchev–Trinajstić information content (AvgIpc) is 3.17. The Labute approximate surface area is 127 Å². The molecular formula is C18H14FN3. The zero-order valence-corrected chi connectivity index (χ0v) is 11.8. The van der Waals surface area contributed by atoms with Crippen LogP contribution >= 0.6 is 0 Å². The van der Waals surface area contributed by atoms with Gasteiger partial charge in [0.05, 0.1) is 11.7 Å². The summed E-state index contributed by atoms with van der Waals surface area (Å²) in [6.45, 7) is 0.759. The van der Waals surface area contributed by atoms with Gasteiger partial charge in [-0.15, -0.1) is 0 Å². The largest absolute Gasteiger partial charge is 0.343 e. The quantitative estimate of drug-likeness (QED) is 0.602. The van der Waals surface area contributed by atoms with E-state index in [1.165, 1.54) is 17.7 Å². The summed E-state index contributed by atoms with van der Waals surface area (Å²) in [7, 11) is 0. The summed E-state index contributed by atoms with van der Waals surface area (Å²) < 4.78 is 15.2. The molecule has 0 bridgehead atoms. The van der Waals surface area contributed by atoms with Crippen molar-refractivity contribution in [3.63, 3.8) is 0 Å². The highest BCUT2D eigenvalue weighted by molar-refractivity contribution is 5.78. The van der Waals surface area contributed by atoms with Crippen LogP contribution in [0.2, 0.25) is 0 Å². The third-order valence-electron chi connectivity index (χ3n) is 3.83. The number of H-pyrrole nitrogens is 1. The summed E-state index contributed by atoms with van der Waals surface area (Å²) in [6, 6.07) is 16.9. The molecule has 3 nitrogen and oxygen atoms in total. The van der Waals surface area contributed by atoms with E-state index >= 15 is 0 Å². The molecule has 0 fully saturated rings.